The number of nitrogens with zero attached hydrogens (tertiary/aromatic N) is 5. The first kappa shape index (κ1) is 20.6. The molecule has 1 saturated carbocycles. The maximum Gasteiger partial charge on any atom is 0.227 e. The summed E-state index contributed by atoms with van der Waals surface area (Å²) in [7, 11) is -3.42. The molecule has 4 heterocycles. The molecule has 0 saturated heterocycles. The van der Waals surface area contributed by atoms with Crippen LogP contribution in [0, 0.1) is 0 Å². The van der Waals surface area contributed by atoms with E-state index in [9.17, 15) is 13.5 Å². The number of aryl methyl sites for hydroxylation is 1. The van der Waals surface area contributed by atoms with E-state index in [4.69, 9.17) is 11.6 Å². The highest BCUT2D eigenvalue weighted by molar-refractivity contribution is 7.91. The molecule has 0 amide bonds. The molecule has 0 spiro atoms. The number of aliphatic hydroxyl groups is 1. The van der Waals surface area contributed by atoms with E-state index in [1.807, 2.05) is 11.0 Å². The van der Waals surface area contributed by atoms with Gasteiger partial charge in [-0.3, -0.25) is 0 Å². The van der Waals surface area contributed by atoms with Crippen molar-refractivity contribution in [2.45, 2.75) is 42.5 Å². The predicted octanol–water partition coefficient (Wildman–Crippen LogP) is 1.87. The van der Waals surface area contributed by atoms with Gasteiger partial charge in [0.2, 0.25) is 5.95 Å². The molecule has 1 fully saturated rings. The van der Waals surface area contributed by atoms with Gasteiger partial charge in [0.1, 0.15) is 4.90 Å². The minimum absolute atomic E-state index is 0.0409. The molecule has 0 unspecified atom stereocenters. The summed E-state index contributed by atoms with van der Waals surface area (Å²) in [6, 6.07) is 0. The Hall–Kier alpha value is -2.30. The number of aliphatic hydroxyl groups excluding tert-OH is 1. The first-order valence-electron chi connectivity index (χ1n) is 10.3. The average molecular weight is 463 g/mol. The fraction of sp³-hybridized carbons (Fsp3) is 0.500. The van der Waals surface area contributed by atoms with Crippen LogP contribution in [-0.2, 0) is 16.3 Å². The first-order valence-corrected chi connectivity index (χ1v) is 12.4. The second-order valence-corrected chi connectivity index (χ2v) is 10.8. The number of anilines is 2. The minimum atomic E-state index is -3.42. The first-order chi connectivity index (χ1) is 14.9. The van der Waals surface area contributed by atoms with Gasteiger partial charge in [-0.2, -0.15) is 4.98 Å². The fourth-order valence-corrected chi connectivity index (χ4v) is 5.91. The summed E-state index contributed by atoms with van der Waals surface area (Å²) in [5.74, 6) is 1.52. The monoisotopic (exact) mass is 462 g/mol. The van der Waals surface area contributed by atoms with Crippen LogP contribution in [-0.4, -0.2) is 64.4 Å². The van der Waals surface area contributed by atoms with Crippen LogP contribution in [0.1, 0.15) is 37.2 Å². The predicted molar refractivity (Wildman–Crippen MR) is 117 cm³/mol. The lowest BCUT2D eigenvalue weighted by Crippen LogP contribution is -2.49. The molecule has 0 bridgehead atoms. The van der Waals surface area contributed by atoms with Crippen LogP contribution in [0.2, 0.25) is 5.02 Å². The highest BCUT2D eigenvalue weighted by atomic mass is 35.5. The Labute approximate surface area is 185 Å². The lowest BCUT2D eigenvalue weighted by atomic mass is 9.77. The van der Waals surface area contributed by atoms with Crippen LogP contribution in [0.25, 0.3) is 5.57 Å². The number of nitrogens with one attached hydrogen (secondary N) is 1. The topological polar surface area (TPSA) is 121 Å². The molecule has 5 rings (SSSR count). The quantitative estimate of drug-likeness (QED) is 0.685. The number of hydrogen-bond donors (Lipinski definition) is 2. The highest BCUT2D eigenvalue weighted by Crippen LogP contribution is 2.39. The molecule has 0 atom stereocenters. The number of fused-ring (bicyclic) bond motifs is 1. The molecular weight excluding hydrogens is 440 g/mol. The summed E-state index contributed by atoms with van der Waals surface area (Å²) in [6.45, 7) is 1.17. The van der Waals surface area contributed by atoms with Crippen LogP contribution in [0.5, 0.6) is 0 Å². The average Bonchev–Trinajstić information content (AvgIpc) is 3.06. The van der Waals surface area contributed by atoms with Crippen LogP contribution >= 0.6 is 11.6 Å². The standard InChI is InChI=1S/C20H23ClN6O3S/c21-14-10-22-17(23-11-14)13-2-7-27(8-3-13)19-24-15-4-9-31(29,30)16(15)18(25-19)26-20(12-28)5-1-6-20/h2,10-11,28H,1,3-9,12H2,(H,24,25,26). The largest absolute Gasteiger partial charge is 0.394 e. The number of rotatable bonds is 5. The number of sulfone groups is 1. The Morgan fingerprint density at radius 2 is 1.97 bits per heavy atom. The maximum atomic E-state index is 12.6. The summed E-state index contributed by atoms with van der Waals surface area (Å²) >= 11 is 5.87. The van der Waals surface area contributed by atoms with E-state index in [0.717, 1.165) is 24.8 Å². The maximum absolute atomic E-state index is 12.6. The minimum Gasteiger partial charge on any atom is -0.394 e. The second kappa shape index (κ2) is 7.68. The molecule has 2 aromatic rings. The lowest BCUT2D eigenvalue weighted by molar-refractivity contribution is 0.143. The molecule has 0 aromatic carbocycles. The Morgan fingerprint density at radius 3 is 2.58 bits per heavy atom. The van der Waals surface area contributed by atoms with Crippen LogP contribution in [0.4, 0.5) is 11.8 Å². The third kappa shape index (κ3) is 3.77. The molecule has 3 aliphatic rings. The van der Waals surface area contributed by atoms with Crippen LogP contribution < -0.4 is 10.2 Å². The summed E-state index contributed by atoms with van der Waals surface area (Å²) < 4.78 is 25.3. The van der Waals surface area contributed by atoms with Crippen molar-refractivity contribution in [3.05, 3.63) is 35.0 Å². The Morgan fingerprint density at radius 1 is 1.19 bits per heavy atom. The van der Waals surface area contributed by atoms with Gasteiger partial charge in [-0.05, 0) is 31.3 Å². The Kier molecular flexibility index (Phi) is 5.10. The van der Waals surface area contributed by atoms with Gasteiger partial charge >= 0.3 is 0 Å². The van der Waals surface area contributed by atoms with Gasteiger partial charge in [0.05, 0.1) is 28.6 Å². The molecule has 11 heteroatoms. The Balaban J connectivity index is 1.45. The SMILES string of the molecule is O=S1(=O)CCc2nc(N3CC=C(c4ncc(Cl)cn4)CC3)nc(NC3(CO)CCC3)c21. The van der Waals surface area contributed by atoms with Crippen molar-refractivity contribution in [3.8, 4) is 0 Å². The molecule has 164 valence electrons. The summed E-state index contributed by atoms with van der Waals surface area (Å²) in [4.78, 5) is 20.0. The van der Waals surface area contributed by atoms with Gasteiger partial charge in [-0.25, -0.2) is 23.4 Å². The van der Waals surface area contributed by atoms with Gasteiger partial charge < -0.3 is 15.3 Å². The van der Waals surface area contributed by atoms with Crippen LogP contribution in [0.3, 0.4) is 0 Å². The van der Waals surface area contributed by atoms with E-state index >= 15 is 0 Å². The van der Waals surface area contributed by atoms with E-state index in [2.05, 4.69) is 25.3 Å². The van der Waals surface area contributed by atoms with Gasteiger partial charge in [0.15, 0.2) is 21.5 Å². The summed E-state index contributed by atoms with van der Waals surface area (Å²) in [5, 5.41) is 13.6. The van der Waals surface area contributed by atoms with Crippen molar-refractivity contribution in [1.82, 2.24) is 19.9 Å². The van der Waals surface area contributed by atoms with Gasteiger partial charge in [0.25, 0.3) is 0 Å². The van der Waals surface area contributed by atoms with Crippen molar-refractivity contribution in [2.75, 3.05) is 35.7 Å². The molecule has 31 heavy (non-hydrogen) atoms. The summed E-state index contributed by atoms with van der Waals surface area (Å²) in [5.41, 5.74) is 1.08. The highest BCUT2D eigenvalue weighted by Gasteiger charge is 2.40. The molecule has 2 aromatic heterocycles. The van der Waals surface area contributed by atoms with Crippen molar-refractivity contribution in [2.24, 2.45) is 0 Å². The van der Waals surface area contributed by atoms with Crippen LogP contribution in [0.15, 0.2) is 23.4 Å². The summed E-state index contributed by atoms with van der Waals surface area (Å²) in [6.07, 6.45) is 8.85. The zero-order valence-corrected chi connectivity index (χ0v) is 18.5. The zero-order valence-electron chi connectivity index (χ0n) is 16.9. The fourth-order valence-electron chi connectivity index (χ4n) is 4.25. The molecule has 1 aliphatic carbocycles. The van der Waals surface area contributed by atoms with Gasteiger partial charge in [0, 0.05) is 31.9 Å². The molecule has 0 radical (unpaired) electrons. The molecule has 2 N–H and O–H groups in total. The molecule has 9 nitrogen and oxygen atoms in total. The Bertz CT molecular complexity index is 1140. The van der Waals surface area contributed by atoms with E-state index in [1.165, 1.54) is 0 Å². The second-order valence-electron chi connectivity index (χ2n) is 8.28. The normalized spacial score (nSPS) is 21.2. The van der Waals surface area contributed by atoms with E-state index < -0.39 is 15.4 Å². The lowest BCUT2D eigenvalue weighted by Gasteiger charge is -2.41. The van der Waals surface area contributed by atoms with E-state index in [-0.39, 0.29) is 17.3 Å². The number of hydrogen-bond acceptors (Lipinski definition) is 9. The number of aromatic nitrogens is 4. The van der Waals surface area contributed by atoms with Gasteiger partial charge in [-0.1, -0.05) is 17.7 Å². The number of halogens is 1. The zero-order chi connectivity index (χ0) is 21.6. The molecule has 2 aliphatic heterocycles. The molecular formula is C20H23ClN6O3S. The van der Waals surface area contributed by atoms with Crippen molar-refractivity contribution in [1.29, 1.82) is 0 Å². The van der Waals surface area contributed by atoms with Crippen molar-refractivity contribution < 1.29 is 13.5 Å². The van der Waals surface area contributed by atoms with Gasteiger partial charge in [-0.15, -0.1) is 0 Å². The van der Waals surface area contributed by atoms with E-state index in [1.54, 1.807) is 12.4 Å². The smallest absolute Gasteiger partial charge is 0.227 e. The van der Waals surface area contributed by atoms with Crippen molar-refractivity contribution >= 4 is 38.8 Å². The van der Waals surface area contributed by atoms with Crippen molar-refractivity contribution in [3.63, 3.8) is 0 Å². The third-order valence-electron chi connectivity index (χ3n) is 6.24. The van der Waals surface area contributed by atoms with E-state index in [0.29, 0.717) is 54.2 Å². The third-order valence-corrected chi connectivity index (χ3v) is 8.23.